The molecule has 0 atom stereocenters. The van der Waals surface area contributed by atoms with Crippen molar-refractivity contribution in [1.29, 1.82) is 0 Å². The molecule has 0 radical (unpaired) electrons. The van der Waals surface area contributed by atoms with Crippen molar-refractivity contribution in [3.05, 3.63) is 22.4 Å². The molecule has 0 spiro atoms. The fraction of sp³-hybridized carbons (Fsp3) is 0.222. The molecule has 1 rings (SSSR count). The van der Waals surface area contributed by atoms with Gasteiger partial charge >= 0.3 is 6.03 Å². The lowest BCUT2D eigenvalue weighted by molar-refractivity contribution is 0.249. The SMILES string of the molecule is NC(=O)NCCNc1cc(Br)c(F)cc1N. The van der Waals surface area contributed by atoms with Crippen molar-refractivity contribution >= 4 is 33.3 Å². The molecule has 1 aromatic rings. The summed E-state index contributed by atoms with van der Waals surface area (Å²) in [4.78, 5) is 10.4. The van der Waals surface area contributed by atoms with E-state index < -0.39 is 11.8 Å². The summed E-state index contributed by atoms with van der Waals surface area (Å²) in [7, 11) is 0. The quantitative estimate of drug-likeness (QED) is 0.497. The third-order valence-electron chi connectivity index (χ3n) is 1.83. The van der Waals surface area contributed by atoms with Crippen LogP contribution in [0.5, 0.6) is 0 Å². The molecule has 7 heteroatoms. The molecule has 0 heterocycles. The standard InChI is InChI=1S/C9H12BrFN4O/c10-5-3-8(7(12)4-6(5)11)14-1-2-15-9(13)16/h3-4,14H,1-2,12H2,(H3,13,15,16). The molecule has 0 saturated carbocycles. The number of carbonyl (C=O) groups is 1. The van der Waals surface area contributed by atoms with Gasteiger partial charge in [-0.15, -0.1) is 0 Å². The van der Waals surface area contributed by atoms with Crippen LogP contribution in [0.3, 0.4) is 0 Å². The van der Waals surface area contributed by atoms with E-state index in [1.807, 2.05) is 0 Å². The molecule has 5 nitrogen and oxygen atoms in total. The second kappa shape index (κ2) is 5.55. The van der Waals surface area contributed by atoms with Crippen LogP contribution in [0.4, 0.5) is 20.6 Å². The molecule has 0 aromatic heterocycles. The van der Waals surface area contributed by atoms with E-state index in [0.29, 0.717) is 28.9 Å². The van der Waals surface area contributed by atoms with Gasteiger partial charge in [0.1, 0.15) is 5.82 Å². The maximum absolute atomic E-state index is 13.0. The molecule has 0 aliphatic rings. The Morgan fingerprint density at radius 1 is 1.44 bits per heavy atom. The van der Waals surface area contributed by atoms with E-state index in [2.05, 4.69) is 26.6 Å². The van der Waals surface area contributed by atoms with Crippen molar-refractivity contribution in [3.63, 3.8) is 0 Å². The monoisotopic (exact) mass is 290 g/mol. The number of halogens is 2. The molecule has 88 valence electrons. The fourth-order valence-corrected chi connectivity index (χ4v) is 1.44. The molecule has 0 unspecified atom stereocenters. The van der Waals surface area contributed by atoms with E-state index >= 15 is 0 Å². The van der Waals surface area contributed by atoms with Gasteiger partial charge in [0.15, 0.2) is 0 Å². The molecule has 0 aliphatic heterocycles. The minimum Gasteiger partial charge on any atom is -0.397 e. The fourth-order valence-electron chi connectivity index (χ4n) is 1.10. The van der Waals surface area contributed by atoms with E-state index in [1.165, 1.54) is 12.1 Å². The van der Waals surface area contributed by atoms with Crippen LogP contribution in [0.2, 0.25) is 0 Å². The number of urea groups is 1. The maximum Gasteiger partial charge on any atom is 0.312 e. The number of hydrogen-bond acceptors (Lipinski definition) is 3. The molecule has 2 amide bonds. The normalized spacial score (nSPS) is 9.88. The predicted octanol–water partition coefficient (Wildman–Crippen LogP) is 1.25. The van der Waals surface area contributed by atoms with Crippen LogP contribution < -0.4 is 22.1 Å². The molecule has 1 aromatic carbocycles. The average molecular weight is 291 g/mol. The van der Waals surface area contributed by atoms with Gasteiger partial charge in [0.05, 0.1) is 15.8 Å². The van der Waals surface area contributed by atoms with Crippen molar-refractivity contribution < 1.29 is 9.18 Å². The Morgan fingerprint density at radius 2 is 2.12 bits per heavy atom. The Bertz CT molecular complexity index is 399. The molecular formula is C9H12BrFN4O. The van der Waals surface area contributed by atoms with Crippen molar-refractivity contribution in [2.45, 2.75) is 0 Å². The lowest BCUT2D eigenvalue weighted by Gasteiger charge is -2.10. The van der Waals surface area contributed by atoms with Gasteiger partial charge in [0.2, 0.25) is 0 Å². The third-order valence-corrected chi connectivity index (χ3v) is 2.44. The number of benzene rings is 1. The minimum absolute atomic E-state index is 0.305. The second-order valence-electron chi connectivity index (χ2n) is 3.07. The van der Waals surface area contributed by atoms with Crippen LogP contribution in [0.15, 0.2) is 16.6 Å². The number of nitrogens with two attached hydrogens (primary N) is 2. The topological polar surface area (TPSA) is 93.2 Å². The van der Waals surface area contributed by atoms with Gasteiger partial charge in [-0.3, -0.25) is 0 Å². The first kappa shape index (κ1) is 12.6. The van der Waals surface area contributed by atoms with Crippen molar-refractivity contribution in [2.75, 3.05) is 24.1 Å². The molecule has 0 fully saturated rings. The van der Waals surface area contributed by atoms with E-state index in [9.17, 15) is 9.18 Å². The van der Waals surface area contributed by atoms with Gasteiger partial charge in [-0.1, -0.05) is 0 Å². The lowest BCUT2D eigenvalue weighted by Crippen LogP contribution is -2.33. The summed E-state index contributed by atoms with van der Waals surface area (Å²) < 4.78 is 13.4. The number of rotatable bonds is 4. The van der Waals surface area contributed by atoms with Gasteiger partial charge in [-0.25, -0.2) is 9.18 Å². The Hall–Kier alpha value is -1.50. The highest BCUT2D eigenvalue weighted by molar-refractivity contribution is 9.10. The highest BCUT2D eigenvalue weighted by atomic mass is 79.9. The van der Waals surface area contributed by atoms with Crippen LogP contribution in [0, 0.1) is 5.82 Å². The number of nitrogens with one attached hydrogen (secondary N) is 2. The number of hydrogen-bond donors (Lipinski definition) is 4. The lowest BCUT2D eigenvalue weighted by atomic mass is 10.2. The first-order chi connectivity index (χ1) is 7.50. The second-order valence-corrected chi connectivity index (χ2v) is 3.93. The molecule has 6 N–H and O–H groups in total. The third kappa shape index (κ3) is 3.58. The van der Waals surface area contributed by atoms with Crippen molar-refractivity contribution in [3.8, 4) is 0 Å². The Kier molecular flexibility index (Phi) is 4.36. The van der Waals surface area contributed by atoms with Gasteiger partial charge in [0, 0.05) is 19.2 Å². The first-order valence-electron chi connectivity index (χ1n) is 4.52. The summed E-state index contributed by atoms with van der Waals surface area (Å²) in [5, 5.41) is 5.36. The molecule has 0 bridgehead atoms. The summed E-state index contributed by atoms with van der Waals surface area (Å²) in [5.41, 5.74) is 11.4. The summed E-state index contributed by atoms with van der Waals surface area (Å²) >= 11 is 3.05. The zero-order valence-electron chi connectivity index (χ0n) is 8.39. The van der Waals surface area contributed by atoms with E-state index in [0.717, 1.165) is 0 Å². The van der Waals surface area contributed by atoms with Gasteiger partial charge in [0.25, 0.3) is 0 Å². The highest BCUT2D eigenvalue weighted by Crippen LogP contribution is 2.26. The van der Waals surface area contributed by atoms with Crippen LogP contribution in [0.25, 0.3) is 0 Å². The largest absolute Gasteiger partial charge is 0.397 e. The minimum atomic E-state index is -0.588. The number of amides is 2. The summed E-state index contributed by atoms with van der Waals surface area (Å²) in [6.45, 7) is 0.814. The number of nitrogen functional groups attached to an aromatic ring is 1. The first-order valence-corrected chi connectivity index (χ1v) is 5.31. The zero-order chi connectivity index (χ0) is 12.1. The van der Waals surface area contributed by atoms with Crippen molar-refractivity contribution in [1.82, 2.24) is 5.32 Å². The van der Waals surface area contributed by atoms with E-state index in [1.54, 1.807) is 0 Å². The summed E-state index contributed by atoms with van der Waals surface area (Å²) in [6, 6.07) is 2.16. The predicted molar refractivity (Wildman–Crippen MR) is 64.6 cm³/mol. The van der Waals surface area contributed by atoms with E-state index in [4.69, 9.17) is 11.5 Å². The highest BCUT2D eigenvalue weighted by Gasteiger charge is 2.05. The molecule has 0 saturated heterocycles. The van der Waals surface area contributed by atoms with Gasteiger partial charge in [-0.05, 0) is 22.0 Å². The van der Waals surface area contributed by atoms with Crippen LogP contribution in [0.1, 0.15) is 0 Å². The Labute approximate surface area is 101 Å². The number of carbonyl (C=O) groups excluding carboxylic acids is 1. The molecule has 0 aliphatic carbocycles. The number of primary amides is 1. The van der Waals surface area contributed by atoms with Gasteiger partial charge in [-0.2, -0.15) is 0 Å². The zero-order valence-corrected chi connectivity index (χ0v) is 9.97. The van der Waals surface area contributed by atoms with Crippen molar-refractivity contribution in [2.24, 2.45) is 5.73 Å². The Morgan fingerprint density at radius 3 is 2.75 bits per heavy atom. The summed E-state index contributed by atoms with van der Waals surface area (Å²) in [6.07, 6.45) is 0. The van der Waals surface area contributed by atoms with E-state index in [-0.39, 0.29) is 0 Å². The molecule has 16 heavy (non-hydrogen) atoms. The van der Waals surface area contributed by atoms with Crippen LogP contribution in [-0.4, -0.2) is 19.1 Å². The van der Waals surface area contributed by atoms with Gasteiger partial charge < -0.3 is 22.1 Å². The summed E-state index contributed by atoms with van der Waals surface area (Å²) in [5.74, 6) is -0.418. The van der Waals surface area contributed by atoms with Crippen LogP contribution in [-0.2, 0) is 0 Å². The Balaban J connectivity index is 2.54. The number of anilines is 2. The smallest absolute Gasteiger partial charge is 0.312 e. The molecular weight excluding hydrogens is 279 g/mol. The van der Waals surface area contributed by atoms with Crippen LogP contribution >= 0.6 is 15.9 Å². The average Bonchev–Trinajstić information content (AvgIpc) is 2.19. The maximum atomic E-state index is 13.0.